The zero-order chi connectivity index (χ0) is 11.7. The highest BCUT2D eigenvalue weighted by Crippen LogP contribution is 2.36. The minimum Gasteiger partial charge on any atom is -0.480 e. The van der Waals surface area contributed by atoms with Gasteiger partial charge in [0.05, 0.1) is 5.02 Å². The summed E-state index contributed by atoms with van der Waals surface area (Å²) in [7, 11) is 0. The average molecular weight is 239 g/mol. The molecule has 3 heteroatoms. The van der Waals surface area contributed by atoms with E-state index in [0.29, 0.717) is 17.2 Å². The first-order chi connectivity index (χ1) is 7.63. The van der Waals surface area contributed by atoms with E-state index in [1.807, 2.05) is 26.0 Å². The van der Waals surface area contributed by atoms with Gasteiger partial charge in [0.1, 0.15) is 5.75 Å². The van der Waals surface area contributed by atoms with Gasteiger partial charge in [0.2, 0.25) is 0 Å². The summed E-state index contributed by atoms with van der Waals surface area (Å²) in [5.74, 6) is 0.915. The second kappa shape index (κ2) is 4.46. The van der Waals surface area contributed by atoms with Crippen LogP contribution in [0.1, 0.15) is 25.8 Å². The zero-order valence-corrected chi connectivity index (χ0v) is 10.3. The van der Waals surface area contributed by atoms with Gasteiger partial charge in [0.15, 0.2) is 11.9 Å². The number of hydrogen-bond acceptors (Lipinski definition) is 2. The number of benzene rings is 1. The molecule has 0 radical (unpaired) electrons. The molecule has 1 aromatic carbocycles. The second-order valence-electron chi connectivity index (χ2n) is 4.25. The molecule has 0 saturated heterocycles. The van der Waals surface area contributed by atoms with Gasteiger partial charge >= 0.3 is 0 Å². The SMILES string of the molecule is CCC(C)C(=O)C1Cc2cccc(Cl)c2O1. The van der Waals surface area contributed by atoms with Crippen LogP contribution in [0.15, 0.2) is 18.2 Å². The lowest BCUT2D eigenvalue weighted by Gasteiger charge is -2.13. The number of carbonyl (C=O) groups excluding carboxylic acids is 1. The third-order valence-electron chi connectivity index (χ3n) is 3.13. The van der Waals surface area contributed by atoms with E-state index >= 15 is 0 Å². The van der Waals surface area contributed by atoms with E-state index in [0.717, 1.165) is 12.0 Å². The third kappa shape index (κ3) is 1.94. The summed E-state index contributed by atoms with van der Waals surface area (Å²) in [5, 5.41) is 0.594. The Morgan fingerprint density at radius 3 is 3.00 bits per heavy atom. The largest absolute Gasteiger partial charge is 0.480 e. The van der Waals surface area contributed by atoms with Gasteiger partial charge in [-0.15, -0.1) is 0 Å². The molecule has 0 amide bonds. The Morgan fingerprint density at radius 1 is 1.62 bits per heavy atom. The molecule has 2 nitrogen and oxygen atoms in total. The molecule has 0 aromatic heterocycles. The van der Waals surface area contributed by atoms with Crippen molar-refractivity contribution in [3.8, 4) is 5.75 Å². The van der Waals surface area contributed by atoms with Crippen LogP contribution >= 0.6 is 11.6 Å². The summed E-state index contributed by atoms with van der Waals surface area (Å²) in [6.07, 6.45) is 1.16. The van der Waals surface area contributed by atoms with Gasteiger partial charge in [-0.05, 0) is 18.1 Å². The first-order valence-electron chi connectivity index (χ1n) is 5.61. The number of carbonyl (C=O) groups is 1. The van der Waals surface area contributed by atoms with Crippen molar-refractivity contribution in [1.29, 1.82) is 0 Å². The first kappa shape index (κ1) is 11.5. The fourth-order valence-corrected chi connectivity index (χ4v) is 2.15. The summed E-state index contributed by atoms with van der Waals surface area (Å²) in [6.45, 7) is 3.95. The summed E-state index contributed by atoms with van der Waals surface area (Å²) < 4.78 is 5.64. The number of ether oxygens (including phenoxy) is 1. The van der Waals surface area contributed by atoms with Crippen molar-refractivity contribution in [3.63, 3.8) is 0 Å². The van der Waals surface area contributed by atoms with Crippen LogP contribution < -0.4 is 4.74 Å². The maximum absolute atomic E-state index is 12.0. The van der Waals surface area contributed by atoms with Crippen molar-refractivity contribution in [3.05, 3.63) is 28.8 Å². The van der Waals surface area contributed by atoms with E-state index in [-0.39, 0.29) is 17.8 Å². The monoisotopic (exact) mass is 238 g/mol. The number of rotatable bonds is 3. The Bertz CT molecular complexity index is 414. The van der Waals surface area contributed by atoms with E-state index in [9.17, 15) is 4.79 Å². The average Bonchev–Trinajstić information content (AvgIpc) is 2.72. The molecule has 0 aliphatic carbocycles. The molecule has 0 saturated carbocycles. The number of halogens is 1. The number of para-hydroxylation sites is 1. The summed E-state index contributed by atoms with van der Waals surface area (Å²) >= 11 is 6.02. The van der Waals surface area contributed by atoms with Gasteiger partial charge in [0.25, 0.3) is 0 Å². The Morgan fingerprint density at radius 2 is 2.38 bits per heavy atom. The first-order valence-corrected chi connectivity index (χ1v) is 5.99. The standard InChI is InChI=1S/C13H15ClO2/c1-3-8(2)12(15)11-7-9-5-4-6-10(14)13(9)16-11/h4-6,8,11H,3,7H2,1-2H3. The van der Waals surface area contributed by atoms with Gasteiger partial charge in [-0.3, -0.25) is 4.79 Å². The van der Waals surface area contributed by atoms with Crippen LogP contribution in [-0.4, -0.2) is 11.9 Å². The minimum atomic E-state index is -0.343. The number of hydrogen-bond donors (Lipinski definition) is 0. The van der Waals surface area contributed by atoms with Crippen LogP contribution in [-0.2, 0) is 11.2 Å². The highest BCUT2D eigenvalue weighted by atomic mass is 35.5. The van der Waals surface area contributed by atoms with E-state index in [4.69, 9.17) is 16.3 Å². The van der Waals surface area contributed by atoms with E-state index in [1.54, 1.807) is 6.07 Å². The van der Waals surface area contributed by atoms with Crippen molar-refractivity contribution in [2.75, 3.05) is 0 Å². The summed E-state index contributed by atoms with van der Waals surface area (Å²) in [5.41, 5.74) is 1.04. The number of ketones is 1. The van der Waals surface area contributed by atoms with E-state index in [1.165, 1.54) is 0 Å². The van der Waals surface area contributed by atoms with Crippen LogP contribution in [0.3, 0.4) is 0 Å². The van der Waals surface area contributed by atoms with Crippen LogP contribution in [0.5, 0.6) is 5.75 Å². The maximum atomic E-state index is 12.0. The molecule has 16 heavy (non-hydrogen) atoms. The summed E-state index contributed by atoms with van der Waals surface area (Å²) in [6, 6.07) is 5.64. The quantitative estimate of drug-likeness (QED) is 0.808. The fourth-order valence-electron chi connectivity index (χ4n) is 1.91. The molecule has 1 aliphatic heterocycles. The number of fused-ring (bicyclic) bond motifs is 1. The topological polar surface area (TPSA) is 26.3 Å². The molecular weight excluding hydrogens is 224 g/mol. The Kier molecular flexibility index (Phi) is 3.20. The Hall–Kier alpha value is -1.02. The summed E-state index contributed by atoms with van der Waals surface area (Å²) in [4.78, 5) is 12.0. The molecule has 2 rings (SSSR count). The van der Waals surface area contributed by atoms with Crippen molar-refractivity contribution in [2.24, 2.45) is 5.92 Å². The van der Waals surface area contributed by atoms with Crippen LogP contribution in [0.2, 0.25) is 5.02 Å². The molecule has 0 N–H and O–H groups in total. The molecule has 86 valence electrons. The van der Waals surface area contributed by atoms with Gasteiger partial charge in [-0.1, -0.05) is 37.6 Å². The van der Waals surface area contributed by atoms with Crippen molar-refractivity contribution in [1.82, 2.24) is 0 Å². The van der Waals surface area contributed by atoms with E-state index < -0.39 is 0 Å². The smallest absolute Gasteiger partial charge is 0.176 e. The van der Waals surface area contributed by atoms with Crippen LogP contribution in [0.25, 0.3) is 0 Å². The number of Topliss-reactive ketones (excluding diaryl/α,β-unsaturated/α-hetero) is 1. The lowest BCUT2D eigenvalue weighted by Crippen LogP contribution is -2.30. The van der Waals surface area contributed by atoms with Gasteiger partial charge in [-0.2, -0.15) is 0 Å². The molecule has 1 aromatic rings. The fraction of sp³-hybridized carbons (Fsp3) is 0.462. The zero-order valence-electron chi connectivity index (χ0n) is 9.50. The molecule has 2 unspecified atom stereocenters. The van der Waals surface area contributed by atoms with Gasteiger partial charge < -0.3 is 4.74 Å². The normalized spacial score (nSPS) is 20.1. The highest BCUT2D eigenvalue weighted by molar-refractivity contribution is 6.32. The minimum absolute atomic E-state index is 0.0538. The maximum Gasteiger partial charge on any atom is 0.176 e. The third-order valence-corrected chi connectivity index (χ3v) is 3.43. The van der Waals surface area contributed by atoms with Crippen molar-refractivity contribution in [2.45, 2.75) is 32.8 Å². The van der Waals surface area contributed by atoms with Gasteiger partial charge in [-0.25, -0.2) is 0 Å². The van der Waals surface area contributed by atoms with Crippen molar-refractivity contribution >= 4 is 17.4 Å². The molecule has 0 fully saturated rings. The van der Waals surface area contributed by atoms with E-state index in [2.05, 4.69) is 0 Å². The molecule has 0 bridgehead atoms. The molecule has 1 aliphatic rings. The van der Waals surface area contributed by atoms with Gasteiger partial charge in [0, 0.05) is 12.3 Å². The van der Waals surface area contributed by atoms with Crippen molar-refractivity contribution < 1.29 is 9.53 Å². The Balaban J connectivity index is 2.17. The lowest BCUT2D eigenvalue weighted by molar-refractivity contribution is -0.128. The Labute approximate surface area is 101 Å². The second-order valence-corrected chi connectivity index (χ2v) is 4.66. The molecule has 0 spiro atoms. The molecule has 1 heterocycles. The molecule has 2 atom stereocenters. The van der Waals surface area contributed by atoms with Crippen LogP contribution in [0, 0.1) is 5.92 Å². The molecular formula is C13H15ClO2. The van der Waals surface area contributed by atoms with Crippen LogP contribution in [0.4, 0.5) is 0 Å². The predicted molar refractivity (Wildman–Crippen MR) is 64.0 cm³/mol. The lowest BCUT2D eigenvalue weighted by atomic mass is 9.96. The predicted octanol–water partition coefficient (Wildman–Crippen LogP) is 3.26. The highest BCUT2D eigenvalue weighted by Gasteiger charge is 2.32.